The Hall–Kier alpha value is -1.29. The van der Waals surface area contributed by atoms with E-state index in [1.165, 1.54) is 6.08 Å². The summed E-state index contributed by atoms with van der Waals surface area (Å²) in [6, 6.07) is 3.45. The highest BCUT2D eigenvalue weighted by Gasteiger charge is 2.16. The first kappa shape index (κ1) is 11.2. The minimum absolute atomic E-state index is 0.137. The smallest absolute Gasteiger partial charge is 0.186 e. The van der Waals surface area contributed by atoms with Crippen LogP contribution >= 0.6 is 15.9 Å². The summed E-state index contributed by atoms with van der Waals surface area (Å²) in [5, 5.41) is 0. The van der Waals surface area contributed by atoms with Crippen LogP contribution in [0.4, 0.5) is 0 Å². The van der Waals surface area contributed by atoms with Crippen molar-refractivity contribution < 1.29 is 14.3 Å². The van der Waals surface area contributed by atoms with Crippen molar-refractivity contribution >= 4 is 21.7 Å². The number of carbonyl (C=O) groups excluding carboxylic acids is 1. The number of allylic oxidation sites excluding steroid dienone is 1. The molecule has 0 aliphatic carbocycles. The summed E-state index contributed by atoms with van der Waals surface area (Å²) in [6.45, 7) is 4.71. The normalized spacial score (nSPS) is 14.1. The zero-order valence-electron chi connectivity index (χ0n) is 8.66. The van der Waals surface area contributed by atoms with Crippen LogP contribution in [0, 0.1) is 0 Å². The fourth-order valence-corrected chi connectivity index (χ4v) is 2.00. The Labute approximate surface area is 102 Å². The van der Waals surface area contributed by atoms with Crippen LogP contribution in [-0.4, -0.2) is 19.0 Å². The maximum Gasteiger partial charge on any atom is 0.186 e. The molecule has 4 heteroatoms. The number of carbonyl (C=O) groups is 1. The van der Waals surface area contributed by atoms with Gasteiger partial charge in [0.2, 0.25) is 0 Å². The second-order valence-corrected chi connectivity index (χ2v) is 4.25. The molecule has 0 radical (unpaired) electrons. The van der Waals surface area contributed by atoms with E-state index in [2.05, 4.69) is 22.5 Å². The molecule has 0 saturated heterocycles. The first-order valence-corrected chi connectivity index (χ1v) is 5.77. The maximum atomic E-state index is 11.6. The molecule has 1 aliphatic heterocycles. The van der Waals surface area contributed by atoms with E-state index in [0.717, 1.165) is 6.42 Å². The molecular formula is C12H11BrO3. The summed E-state index contributed by atoms with van der Waals surface area (Å²) in [5.74, 6) is 1.15. The van der Waals surface area contributed by atoms with E-state index in [1.807, 2.05) is 0 Å². The summed E-state index contributed by atoms with van der Waals surface area (Å²) in [4.78, 5) is 11.6. The molecule has 1 heterocycles. The van der Waals surface area contributed by atoms with Gasteiger partial charge in [0.1, 0.15) is 0 Å². The van der Waals surface area contributed by atoms with Crippen molar-refractivity contribution in [3.63, 3.8) is 0 Å². The summed E-state index contributed by atoms with van der Waals surface area (Å²) in [6.07, 6.45) is 2.13. The topological polar surface area (TPSA) is 35.5 Å². The number of ketones is 1. The van der Waals surface area contributed by atoms with Crippen LogP contribution in [0.15, 0.2) is 29.3 Å². The molecule has 3 nitrogen and oxygen atoms in total. The Morgan fingerprint density at radius 3 is 2.56 bits per heavy atom. The van der Waals surface area contributed by atoms with Gasteiger partial charge in [-0.05, 0) is 34.1 Å². The summed E-state index contributed by atoms with van der Waals surface area (Å²) in [5.41, 5.74) is 0.541. The fourth-order valence-electron chi connectivity index (χ4n) is 1.48. The van der Waals surface area contributed by atoms with E-state index >= 15 is 0 Å². The van der Waals surface area contributed by atoms with Crippen molar-refractivity contribution in [1.29, 1.82) is 0 Å². The lowest BCUT2D eigenvalue weighted by molar-refractivity contribution is 0.104. The van der Waals surface area contributed by atoms with Gasteiger partial charge in [-0.2, -0.15) is 0 Å². The molecule has 0 N–H and O–H groups in total. The molecule has 0 aromatic heterocycles. The lowest BCUT2D eigenvalue weighted by Crippen LogP contribution is -1.99. The highest BCUT2D eigenvalue weighted by atomic mass is 79.9. The number of hydrogen-bond donors (Lipinski definition) is 0. The lowest BCUT2D eigenvalue weighted by atomic mass is 10.1. The molecular weight excluding hydrogens is 272 g/mol. The summed E-state index contributed by atoms with van der Waals surface area (Å²) < 4.78 is 11.7. The van der Waals surface area contributed by atoms with E-state index in [0.29, 0.717) is 34.7 Å². The van der Waals surface area contributed by atoms with Gasteiger partial charge in [0.05, 0.1) is 13.2 Å². The molecule has 1 aromatic rings. The van der Waals surface area contributed by atoms with E-state index in [9.17, 15) is 4.79 Å². The van der Waals surface area contributed by atoms with Crippen LogP contribution in [0.3, 0.4) is 0 Å². The largest absolute Gasteiger partial charge is 0.490 e. The van der Waals surface area contributed by atoms with Crippen molar-refractivity contribution in [2.45, 2.75) is 6.42 Å². The van der Waals surface area contributed by atoms with Crippen molar-refractivity contribution in [3.8, 4) is 11.5 Å². The molecule has 84 valence electrons. The third kappa shape index (κ3) is 2.11. The van der Waals surface area contributed by atoms with E-state index in [4.69, 9.17) is 9.47 Å². The number of benzene rings is 1. The summed E-state index contributed by atoms with van der Waals surface area (Å²) in [7, 11) is 0. The van der Waals surface area contributed by atoms with E-state index < -0.39 is 0 Å². The Morgan fingerprint density at radius 2 is 1.94 bits per heavy atom. The zero-order valence-corrected chi connectivity index (χ0v) is 10.2. The monoisotopic (exact) mass is 282 g/mol. The molecule has 0 spiro atoms. The SMILES string of the molecule is C=CC(=O)c1cc2c(cc1Br)OCCCO2. The Bertz CT molecular complexity index is 440. The van der Waals surface area contributed by atoms with Gasteiger partial charge in [-0.1, -0.05) is 6.58 Å². The highest BCUT2D eigenvalue weighted by Crippen LogP contribution is 2.35. The minimum Gasteiger partial charge on any atom is -0.490 e. The second kappa shape index (κ2) is 4.70. The average molecular weight is 283 g/mol. The van der Waals surface area contributed by atoms with Crippen LogP contribution in [-0.2, 0) is 0 Å². The van der Waals surface area contributed by atoms with Crippen LogP contribution in [0.5, 0.6) is 11.5 Å². The molecule has 1 aromatic carbocycles. The molecule has 0 amide bonds. The Morgan fingerprint density at radius 1 is 1.31 bits per heavy atom. The lowest BCUT2D eigenvalue weighted by Gasteiger charge is -2.09. The Kier molecular flexibility index (Phi) is 3.29. The second-order valence-electron chi connectivity index (χ2n) is 3.40. The number of halogens is 1. The third-order valence-corrected chi connectivity index (χ3v) is 2.94. The number of fused-ring (bicyclic) bond motifs is 1. The molecule has 0 saturated carbocycles. The predicted molar refractivity (Wildman–Crippen MR) is 64.3 cm³/mol. The third-order valence-electron chi connectivity index (χ3n) is 2.29. The molecule has 0 bridgehead atoms. The summed E-state index contributed by atoms with van der Waals surface area (Å²) >= 11 is 3.34. The number of ether oxygens (including phenoxy) is 2. The van der Waals surface area contributed by atoms with Crippen LogP contribution in [0.2, 0.25) is 0 Å². The maximum absolute atomic E-state index is 11.6. The van der Waals surface area contributed by atoms with Crippen LogP contribution in [0.1, 0.15) is 16.8 Å². The highest BCUT2D eigenvalue weighted by molar-refractivity contribution is 9.10. The van der Waals surface area contributed by atoms with Crippen molar-refractivity contribution in [2.24, 2.45) is 0 Å². The van der Waals surface area contributed by atoms with Gasteiger partial charge in [-0.25, -0.2) is 0 Å². The van der Waals surface area contributed by atoms with Crippen molar-refractivity contribution in [2.75, 3.05) is 13.2 Å². The Balaban J connectivity index is 2.46. The quantitative estimate of drug-likeness (QED) is 0.618. The van der Waals surface area contributed by atoms with Crippen molar-refractivity contribution in [1.82, 2.24) is 0 Å². The minimum atomic E-state index is -0.137. The zero-order chi connectivity index (χ0) is 11.5. The fraction of sp³-hybridized carbons (Fsp3) is 0.250. The van der Waals surface area contributed by atoms with Gasteiger partial charge >= 0.3 is 0 Å². The van der Waals surface area contributed by atoms with E-state index in [1.54, 1.807) is 12.1 Å². The standard InChI is InChI=1S/C12H11BrO3/c1-2-10(14)8-6-11-12(7-9(8)13)16-5-3-4-15-11/h2,6-7H,1,3-5H2. The van der Waals surface area contributed by atoms with Gasteiger partial charge < -0.3 is 9.47 Å². The van der Waals surface area contributed by atoms with Gasteiger partial charge in [-0.3, -0.25) is 4.79 Å². The predicted octanol–water partition coefficient (Wildman–Crippen LogP) is 2.98. The van der Waals surface area contributed by atoms with Gasteiger partial charge in [0.25, 0.3) is 0 Å². The molecule has 0 atom stereocenters. The molecule has 0 fully saturated rings. The van der Waals surface area contributed by atoms with Gasteiger partial charge in [0, 0.05) is 16.5 Å². The number of rotatable bonds is 2. The number of hydrogen-bond acceptors (Lipinski definition) is 3. The molecule has 1 aliphatic rings. The van der Waals surface area contributed by atoms with E-state index in [-0.39, 0.29) is 5.78 Å². The molecule has 16 heavy (non-hydrogen) atoms. The first-order valence-electron chi connectivity index (χ1n) is 4.98. The molecule has 2 rings (SSSR count). The first-order chi connectivity index (χ1) is 7.72. The van der Waals surface area contributed by atoms with Crippen LogP contribution < -0.4 is 9.47 Å². The van der Waals surface area contributed by atoms with Crippen LogP contribution in [0.25, 0.3) is 0 Å². The van der Waals surface area contributed by atoms with Gasteiger partial charge in [0.15, 0.2) is 17.3 Å². The molecule has 0 unspecified atom stereocenters. The average Bonchev–Trinajstić information content (AvgIpc) is 2.51. The van der Waals surface area contributed by atoms with Crippen molar-refractivity contribution in [3.05, 3.63) is 34.8 Å². The van der Waals surface area contributed by atoms with Gasteiger partial charge in [-0.15, -0.1) is 0 Å².